The SMILES string of the molecule is NC(=O)c1ccc(-n2ncc3cccnc32)cc1. The lowest BCUT2D eigenvalue weighted by Crippen LogP contribution is -2.10. The molecular formula is C13H10N4O. The fourth-order valence-electron chi connectivity index (χ4n) is 1.82. The zero-order chi connectivity index (χ0) is 12.5. The largest absolute Gasteiger partial charge is 0.366 e. The molecule has 3 aromatic rings. The summed E-state index contributed by atoms with van der Waals surface area (Å²) in [6.45, 7) is 0. The lowest BCUT2D eigenvalue weighted by atomic mass is 10.2. The summed E-state index contributed by atoms with van der Waals surface area (Å²) >= 11 is 0. The van der Waals surface area contributed by atoms with E-state index in [9.17, 15) is 4.79 Å². The van der Waals surface area contributed by atoms with E-state index < -0.39 is 5.91 Å². The molecule has 0 spiro atoms. The first-order valence-electron chi connectivity index (χ1n) is 5.45. The van der Waals surface area contributed by atoms with Gasteiger partial charge < -0.3 is 5.73 Å². The molecule has 1 amide bonds. The lowest BCUT2D eigenvalue weighted by molar-refractivity contribution is 0.100. The molecule has 2 heterocycles. The molecule has 0 atom stereocenters. The van der Waals surface area contributed by atoms with Gasteiger partial charge in [0.1, 0.15) is 0 Å². The van der Waals surface area contributed by atoms with E-state index in [1.807, 2.05) is 12.1 Å². The molecule has 5 heteroatoms. The Bertz CT molecular complexity index is 715. The van der Waals surface area contributed by atoms with Gasteiger partial charge in [-0.15, -0.1) is 0 Å². The lowest BCUT2D eigenvalue weighted by Gasteiger charge is -2.03. The summed E-state index contributed by atoms with van der Waals surface area (Å²) in [7, 11) is 0. The number of fused-ring (bicyclic) bond motifs is 1. The molecule has 5 nitrogen and oxygen atoms in total. The van der Waals surface area contributed by atoms with Crippen molar-refractivity contribution in [2.45, 2.75) is 0 Å². The quantitative estimate of drug-likeness (QED) is 0.735. The third-order valence-electron chi connectivity index (χ3n) is 2.73. The Morgan fingerprint density at radius 1 is 1.17 bits per heavy atom. The monoisotopic (exact) mass is 238 g/mol. The summed E-state index contributed by atoms with van der Waals surface area (Å²) in [6, 6.07) is 10.7. The van der Waals surface area contributed by atoms with Crippen molar-refractivity contribution in [3.63, 3.8) is 0 Å². The van der Waals surface area contributed by atoms with Gasteiger partial charge in [-0.05, 0) is 36.4 Å². The van der Waals surface area contributed by atoms with Crippen molar-refractivity contribution < 1.29 is 4.79 Å². The molecule has 0 saturated carbocycles. The molecule has 2 N–H and O–H groups in total. The van der Waals surface area contributed by atoms with Gasteiger partial charge in [0.25, 0.3) is 0 Å². The third-order valence-corrected chi connectivity index (χ3v) is 2.73. The Morgan fingerprint density at radius 2 is 1.94 bits per heavy atom. The molecule has 0 fully saturated rings. The molecule has 0 aliphatic heterocycles. The Balaban J connectivity index is 2.12. The molecule has 0 aliphatic carbocycles. The zero-order valence-electron chi connectivity index (χ0n) is 9.45. The van der Waals surface area contributed by atoms with E-state index in [1.54, 1.807) is 41.3 Å². The summed E-state index contributed by atoms with van der Waals surface area (Å²) in [5.74, 6) is -0.440. The number of nitrogens with zero attached hydrogens (tertiary/aromatic N) is 3. The topological polar surface area (TPSA) is 73.8 Å². The summed E-state index contributed by atoms with van der Waals surface area (Å²) < 4.78 is 1.72. The van der Waals surface area contributed by atoms with Crippen molar-refractivity contribution in [1.82, 2.24) is 14.8 Å². The van der Waals surface area contributed by atoms with Crippen molar-refractivity contribution >= 4 is 16.9 Å². The number of hydrogen-bond acceptors (Lipinski definition) is 3. The molecule has 3 rings (SSSR count). The van der Waals surface area contributed by atoms with Crippen LogP contribution < -0.4 is 5.73 Å². The molecule has 88 valence electrons. The number of aromatic nitrogens is 3. The van der Waals surface area contributed by atoms with Gasteiger partial charge in [-0.2, -0.15) is 5.10 Å². The van der Waals surface area contributed by atoms with E-state index >= 15 is 0 Å². The van der Waals surface area contributed by atoms with Crippen molar-refractivity contribution in [2.24, 2.45) is 5.73 Å². The van der Waals surface area contributed by atoms with Crippen LogP contribution in [0.25, 0.3) is 16.7 Å². The van der Waals surface area contributed by atoms with Crippen LogP contribution in [0.3, 0.4) is 0 Å². The summed E-state index contributed by atoms with van der Waals surface area (Å²) in [5.41, 5.74) is 7.30. The van der Waals surface area contributed by atoms with Crippen LogP contribution in [0.5, 0.6) is 0 Å². The van der Waals surface area contributed by atoms with E-state index in [4.69, 9.17) is 5.73 Å². The summed E-state index contributed by atoms with van der Waals surface area (Å²) in [6.07, 6.45) is 3.47. The second-order valence-corrected chi connectivity index (χ2v) is 3.88. The van der Waals surface area contributed by atoms with E-state index in [2.05, 4.69) is 10.1 Å². The number of nitrogens with two attached hydrogens (primary N) is 1. The normalized spacial score (nSPS) is 10.7. The summed E-state index contributed by atoms with van der Waals surface area (Å²) in [4.78, 5) is 15.3. The number of rotatable bonds is 2. The minimum atomic E-state index is -0.440. The maximum absolute atomic E-state index is 11.0. The molecular weight excluding hydrogens is 228 g/mol. The molecule has 2 aromatic heterocycles. The van der Waals surface area contributed by atoms with Crippen LogP contribution in [0.1, 0.15) is 10.4 Å². The first-order chi connectivity index (χ1) is 8.75. The minimum Gasteiger partial charge on any atom is -0.366 e. The van der Waals surface area contributed by atoms with Gasteiger partial charge in [0, 0.05) is 17.1 Å². The highest BCUT2D eigenvalue weighted by Crippen LogP contribution is 2.16. The number of benzene rings is 1. The third kappa shape index (κ3) is 1.62. The maximum atomic E-state index is 11.0. The first kappa shape index (κ1) is 10.5. The van der Waals surface area contributed by atoms with Crippen molar-refractivity contribution in [1.29, 1.82) is 0 Å². The molecule has 0 radical (unpaired) electrons. The number of carbonyl (C=O) groups excluding carboxylic acids is 1. The fourth-order valence-corrected chi connectivity index (χ4v) is 1.82. The summed E-state index contributed by atoms with van der Waals surface area (Å²) in [5, 5.41) is 5.25. The molecule has 0 bridgehead atoms. The number of hydrogen-bond donors (Lipinski definition) is 1. The van der Waals surface area contributed by atoms with Gasteiger partial charge in [-0.25, -0.2) is 9.67 Å². The zero-order valence-corrected chi connectivity index (χ0v) is 9.45. The van der Waals surface area contributed by atoms with Gasteiger partial charge >= 0.3 is 0 Å². The minimum absolute atomic E-state index is 0.440. The predicted octanol–water partition coefficient (Wildman–Crippen LogP) is 1.52. The van der Waals surface area contributed by atoms with Crippen molar-refractivity contribution in [3.8, 4) is 5.69 Å². The average Bonchev–Trinajstić information content (AvgIpc) is 2.82. The highest BCUT2D eigenvalue weighted by molar-refractivity contribution is 5.93. The Labute approximate surface area is 103 Å². The molecule has 0 aliphatic rings. The fraction of sp³-hybridized carbons (Fsp3) is 0. The Kier molecular flexibility index (Phi) is 2.30. The number of carbonyl (C=O) groups is 1. The second-order valence-electron chi connectivity index (χ2n) is 3.88. The Morgan fingerprint density at radius 3 is 2.67 bits per heavy atom. The van der Waals surface area contributed by atoms with E-state index in [0.717, 1.165) is 16.7 Å². The van der Waals surface area contributed by atoms with Crippen LogP contribution in [0.4, 0.5) is 0 Å². The van der Waals surface area contributed by atoms with Gasteiger partial charge in [0.05, 0.1) is 11.9 Å². The Hall–Kier alpha value is -2.69. The standard InChI is InChI=1S/C13H10N4O/c14-12(18)9-3-5-11(6-4-9)17-13-10(8-16-17)2-1-7-15-13/h1-8H,(H2,14,18). The van der Waals surface area contributed by atoms with Crippen molar-refractivity contribution in [3.05, 3.63) is 54.4 Å². The highest BCUT2D eigenvalue weighted by Gasteiger charge is 2.06. The second kappa shape index (κ2) is 3.96. The van der Waals surface area contributed by atoms with Gasteiger partial charge in [-0.3, -0.25) is 4.79 Å². The van der Waals surface area contributed by atoms with E-state index in [0.29, 0.717) is 5.56 Å². The van der Waals surface area contributed by atoms with Crippen LogP contribution in [0.15, 0.2) is 48.8 Å². The molecule has 18 heavy (non-hydrogen) atoms. The molecule has 1 aromatic carbocycles. The highest BCUT2D eigenvalue weighted by atomic mass is 16.1. The van der Waals surface area contributed by atoms with Crippen LogP contribution in [0, 0.1) is 0 Å². The number of amides is 1. The van der Waals surface area contributed by atoms with Gasteiger partial charge in [0.15, 0.2) is 5.65 Å². The van der Waals surface area contributed by atoms with Crippen LogP contribution in [-0.4, -0.2) is 20.7 Å². The molecule has 0 unspecified atom stereocenters. The van der Waals surface area contributed by atoms with Crippen LogP contribution in [0.2, 0.25) is 0 Å². The smallest absolute Gasteiger partial charge is 0.248 e. The van der Waals surface area contributed by atoms with Gasteiger partial charge in [0.2, 0.25) is 5.91 Å². The first-order valence-corrected chi connectivity index (χ1v) is 5.45. The van der Waals surface area contributed by atoms with Crippen LogP contribution >= 0.6 is 0 Å². The number of pyridine rings is 1. The predicted molar refractivity (Wildman–Crippen MR) is 67.4 cm³/mol. The average molecular weight is 238 g/mol. The maximum Gasteiger partial charge on any atom is 0.248 e. The number of primary amides is 1. The van der Waals surface area contributed by atoms with Crippen molar-refractivity contribution in [2.75, 3.05) is 0 Å². The van der Waals surface area contributed by atoms with Gasteiger partial charge in [-0.1, -0.05) is 0 Å². The molecule has 0 saturated heterocycles. The van der Waals surface area contributed by atoms with E-state index in [1.165, 1.54) is 0 Å². The van der Waals surface area contributed by atoms with Crippen LogP contribution in [-0.2, 0) is 0 Å². The van der Waals surface area contributed by atoms with E-state index in [-0.39, 0.29) is 0 Å².